The van der Waals surface area contributed by atoms with Crippen LogP contribution in [0, 0.1) is 0 Å². The fourth-order valence-electron chi connectivity index (χ4n) is 1.55. The molecule has 0 spiro atoms. The highest BCUT2D eigenvalue weighted by atomic mass is 16.2. The van der Waals surface area contributed by atoms with Crippen molar-refractivity contribution in [3.05, 3.63) is 0 Å². The van der Waals surface area contributed by atoms with Crippen LogP contribution in [0.2, 0.25) is 0 Å². The molecule has 1 saturated heterocycles. The van der Waals surface area contributed by atoms with Crippen molar-refractivity contribution in [2.24, 2.45) is 5.84 Å². The van der Waals surface area contributed by atoms with Crippen molar-refractivity contribution in [1.82, 2.24) is 10.7 Å². The lowest BCUT2D eigenvalue weighted by atomic mass is 10.0. The topological polar surface area (TPSA) is 67.1 Å². The van der Waals surface area contributed by atoms with Crippen LogP contribution >= 0.6 is 0 Å². The summed E-state index contributed by atoms with van der Waals surface area (Å²) in [5, 5.41) is 3.38. The third kappa shape index (κ3) is 3.19. The number of hydrogen-bond donors (Lipinski definition) is 3. The summed E-state index contributed by atoms with van der Waals surface area (Å²) in [6.45, 7) is 1.09. The van der Waals surface area contributed by atoms with Crippen LogP contribution in [0.1, 0.15) is 32.1 Å². The summed E-state index contributed by atoms with van der Waals surface area (Å²) >= 11 is 0. The van der Waals surface area contributed by atoms with Gasteiger partial charge in [0, 0.05) is 12.5 Å². The fourth-order valence-corrected chi connectivity index (χ4v) is 1.55. The summed E-state index contributed by atoms with van der Waals surface area (Å²) in [6, 6.07) is 0.524. The average molecular weight is 171 g/mol. The Hall–Kier alpha value is -0.610. The van der Waals surface area contributed by atoms with Gasteiger partial charge in [-0.2, -0.15) is 0 Å². The normalized spacial score (nSPS) is 23.6. The van der Waals surface area contributed by atoms with Crippen LogP contribution in [0.5, 0.6) is 0 Å². The molecule has 0 aromatic rings. The Bertz CT molecular complexity index is 143. The molecule has 0 saturated carbocycles. The predicted octanol–water partition coefficient (Wildman–Crippen LogP) is -0.101. The number of carbonyl (C=O) groups is 1. The molecule has 4 nitrogen and oxygen atoms in total. The molecule has 1 rings (SSSR count). The lowest BCUT2D eigenvalue weighted by Crippen LogP contribution is -2.36. The van der Waals surface area contributed by atoms with E-state index in [1.165, 1.54) is 19.3 Å². The van der Waals surface area contributed by atoms with E-state index in [4.69, 9.17) is 5.84 Å². The average Bonchev–Trinajstić information content (AvgIpc) is 2.16. The Morgan fingerprint density at radius 1 is 1.58 bits per heavy atom. The van der Waals surface area contributed by atoms with Crippen LogP contribution in [0.25, 0.3) is 0 Å². The summed E-state index contributed by atoms with van der Waals surface area (Å²) < 4.78 is 0. The van der Waals surface area contributed by atoms with E-state index in [1.54, 1.807) is 0 Å². The zero-order valence-corrected chi connectivity index (χ0v) is 7.31. The van der Waals surface area contributed by atoms with Crippen LogP contribution in [-0.4, -0.2) is 18.5 Å². The quantitative estimate of drug-likeness (QED) is 0.315. The van der Waals surface area contributed by atoms with Crippen molar-refractivity contribution in [3.8, 4) is 0 Å². The molecule has 12 heavy (non-hydrogen) atoms. The van der Waals surface area contributed by atoms with Crippen molar-refractivity contribution < 1.29 is 4.79 Å². The van der Waals surface area contributed by atoms with Crippen molar-refractivity contribution in [2.45, 2.75) is 38.1 Å². The van der Waals surface area contributed by atoms with Gasteiger partial charge >= 0.3 is 0 Å². The second-order valence-corrected chi connectivity index (χ2v) is 3.25. The first-order valence-corrected chi connectivity index (χ1v) is 4.56. The van der Waals surface area contributed by atoms with Crippen LogP contribution < -0.4 is 16.6 Å². The van der Waals surface area contributed by atoms with E-state index < -0.39 is 0 Å². The van der Waals surface area contributed by atoms with E-state index in [0.29, 0.717) is 12.5 Å². The Labute approximate surface area is 72.9 Å². The first-order valence-electron chi connectivity index (χ1n) is 4.56. The highest BCUT2D eigenvalue weighted by molar-refractivity contribution is 5.75. The second kappa shape index (κ2) is 5.11. The van der Waals surface area contributed by atoms with E-state index in [1.807, 2.05) is 0 Å². The molecule has 0 bridgehead atoms. The predicted molar refractivity (Wildman–Crippen MR) is 47.2 cm³/mol. The van der Waals surface area contributed by atoms with E-state index >= 15 is 0 Å². The van der Waals surface area contributed by atoms with Gasteiger partial charge in [-0.25, -0.2) is 5.84 Å². The molecule has 1 aliphatic rings. The summed E-state index contributed by atoms with van der Waals surface area (Å²) in [5.41, 5.74) is 2.14. The van der Waals surface area contributed by atoms with Crippen molar-refractivity contribution in [3.63, 3.8) is 0 Å². The lowest BCUT2D eigenvalue weighted by Gasteiger charge is -2.22. The Balaban J connectivity index is 2.09. The van der Waals surface area contributed by atoms with E-state index in [-0.39, 0.29) is 5.91 Å². The standard InChI is InChI=1S/C8H17N3O/c9-11-8(12)5-4-7-3-1-2-6-10-7/h7,10H,1-6,9H2,(H,11,12). The molecule has 1 fully saturated rings. The minimum absolute atomic E-state index is 0.0672. The summed E-state index contributed by atoms with van der Waals surface area (Å²) in [7, 11) is 0. The number of nitrogens with one attached hydrogen (secondary N) is 2. The van der Waals surface area contributed by atoms with Crippen molar-refractivity contribution in [2.75, 3.05) is 6.54 Å². The number of piperidine rings is 1. The molecule has 0 aliphatic carbocycles. The molecular formula is C8H17N3O. The van der Waals surface area contributed by atoms with Crippen LogP contribution in [0.4, 0.5) is 0 Å². The van der Waals surface area contributed by atoms with E-state index in [9.17, 15) is 4.79 Å². The van der Waals surface area contributed by atoms with Gasteiger partial charge < -0.3 is 5.32 Å². The second-order valence-electron chi connectivity index (χ2n) is 3.25. The molecule has 4 N–H and O–H groups in total. The van der Waals surface area contributed by atoms with Crippen LogP contribution in [-0.2, 0) is 4.79 Å². The number of hydrazine groups is 1. The Morgan fingerprint density at radius 3 is 3.00 bits per heavy atom. The third-order valence-corrected chi connectivity index (χ3v) is 2.29. The zero-order chi connectivity index (χ0) is 8.81. The third-order valence-electron chi connectivity index (χ3n) is 2.29. The zero-order valence-electron chi connectivity index (χ0n) is 7.31. The molecule has 0 radical (unpaired) electrons. The largest absolute Gasteiger partial charge is 0.314 e. The maximum atomic E-state index is 10.8. The maximum Gasteiger partial charge on any atom is 0.233 e. The molecule has 1 unspecified atom stereocenters. The molecule has 70 valence electrons. The molecule has 4 heteroatoms. The van der Waals surface area contributed by atoms with Gasteiger partial charge in [-0.15, -0.1) is 0 Å². The molecule has 1 atom stereocenters. The van der Waals surface area contributed by atoms with Gasteiger partial charge in [0.25, 0.3) is 0 Å². The van der Waals surface area contributed by atoms with Gasteiger partial charge in [0.2, 0.25) is 5.91 Å². The van der Waals surface area contributed by atoms with Crippen molar-refractivity contribution in [1.29, 1.82) is 0 Å². The van der Waals surface area contributed by atoms with Gasteiger partial charge in [0.05, 0.1) is 0 Å². The smallest absolute Gasteiger partial charge is 0.233 e. The molecule has 0 aromatic heterocycles. The number of nitrogens with two attached hydrogens (primary N) is 1. The molecule has 0 aromatic carbocycles. The van der Waals surface area contributed by atoms with Crippen LogP contribution in [0.3, 0.4) is 0 Å². The Kier molecular flexibility index (Phi) is 4.04. The van der Waals surface area contributed by atoms with Gasteiger partial charge in [0.15, 0.2) is 0 Å². The number of carbonyl (C=O) groups excluding carboxylic acids is 1. The van der Waals surface area contributed by atoms with E-state index in [0.717, 1.165) is 13.0 Å². The first-order chi connectivity index (χ1) is 5.83. The highest BCUT2D eigenvalue weighted by Crippen LogP contribution is 2.11. The van der Waals surface area contributed by atoms with Gasteiger partial charge in [-0.05, 0) is 25.8 Å². The summed E-state index contributed by atoms with van der Waals surface area (Å²) in [6.07, 6.45) is 5.18. The number of rotatable bonds is 3. The van der Waals surface area contributed by atoms with E-state index in [2.05, 4.69) is 10.7 Å². The summed E-state index contributed by atoms with van der Waals surface area (Å²) in [4.78, 5) is 10.8. The minimum atomic E-state index is -0.0672. The minimum Gasteiger partial charge on any atom is -0.314 e. The molecule has 1 aliphatic heterocycles. The monoisotopic (exact) mass is 171 g/mol. The first kappa shape index (κ1) is 9.48. The SMILES string of the molecule is NNC(=O)CCC1CCCCN1. The van der Waals surface area contributed by atoms with Gasteiger partial charge in [0.1, 0.15) is 0 Å². The number of amides is 1. The van der Waals surface area contributed by atoms with Gasteiger partial charge in [-0.1, -0.05) is 6.42 Å². The highest BCUT2D eigenvalue weighted by Gasteiger charge is 2.13. The van der Waals surface area contributed by atoms with Crippen molar-refractivity contribution >= 4 is 5.91 Å². The summed E-state index contributed by atoms with van der Waals surface area (Å²) in [5.74, 6) is 4.90. The molecular weight excluding hydrogens is 154 g/mol. The molecule has 1 heterocycles. The Morgan fingerprint density at radius 2 is 2.42 bits per heavy atom. The lowest BCUT2D eigenvalue weighted by molar-refractivity contribution is -0.121. The fraction of sp³-hybridized carbons (Fsp3) is 0.875. The number of hydrogen-bond acceptors (Lipinski definition) is 3. The van der Waals surface area contributed by atoms with Crippen LogP contribution in [0.15, 0.2) is 0 Å². The molecule has 1 amide bonds. The maximum absolute atomic E-state index is 10.8. The van der Waals surface area contributed by atoms with Gasteiger partial charge in [-0.3, -0.25) is 10.2 Å².